The fourth-order valence-corrected chi connectivity index (χ4v) is 9.76. The van der Waals surface area contributed by atoms with Crippen molar-refractivity contribution in [3.63, 3.8) is 0 Å². The number of ether oxygens (including phenoxy) is 4. The van der Waals surface area contributed by atoms with E-state index >= 15 is 0 Å². The van der Waals surface area contributed by atoms with Gasteiger partial charge in [0.15, 0.2) is 11.5 Å². The molecule has 10 nitrogen and oxygen atoms in total. The minimum Gasteiger partial charge on any atom is -0.508 e. The van der Waals surface area contributed by atoms with Crippen molar-refractivity contribution in [3.05, 3.63) is 93.2 Å². The molecule has 3 aromatic carbocycles. The lowest BCUT2D eigenvalue weighted by molar-refractivity contribution is -0.141. The zero-order chi connectivity index (χ0) is 37.3. The Balaban J connectivity index is 1.33. The predicted octanol–water partition coefficient (Wildman–Crippen LogP) is 6.27. The number of benzene rings is 3. The van der Waals surface area contributed by atoms with Crippen molar-refractivity contribution >= 4 is 17.9 Å². The van der Waals surface area contributed by atoms with Gasteiger partial charge in [0.25, 0.3) is 0 Å². The first-order chi connectivity index (χ1) is 26.2. The molecule has 2 aliphatic carbocycles. The van der Waals surface area contributed by atoms with Crippen LogP contribution >= 0.6 is 0 Å². The molecule has 1 fully saturated rings. The summed E-state index contributed by atoms with van der Waals surface area (Å²) < 4.78 is 25.4. The van der Waals surface area contributed by atoms with E-state index in [9.17, 15) is 15.0 Å². The number of anilines is 1. The topological polar surface area (TPSA) is 145 Å². The number of hydrogen-bond donors (Lipinski definition) is 4. The lowest BCUT2D eigenvalue weighted by Crippen LogP contribution is -2.31. The molecule has 276 valence electrons. The van der Waals surface area contributed by atoms with Crippen LogP contribution in [0.2, 0.25) is 0 Å². The molecule has 5 atom stereocenters. The van der Waals surface area contributed by atoms with Gasteiger partial charge in [0.2, 0.25) is 0 Å². The van der Waals surface area contributed by atoms with E-state index in [1.807, 2.05) is 37.4 Å². The van der Waals surface area contributed by atoms with Crippen LogP contribution in [0.4, 0.5) is 5.82 Å². The van der Waals surface area contributed by atoms with Crippen LogP contribution < -0.4 is 25.3 Å². The number of pyridine rings is 1. The second kappa shape index (κ2) is 13.0. The van der Waals surface area contributed by atoms with Gasteiger partial charge in [0.05, 0.1) is 19.1 Å². The van der Waals surface area contributed by atoms with Crippen LogP contribution in [0.15, 0.2) is 48.5 Å². The standard InChI is InChI=1S/C44H43N3O7/c1-23(48)52-22-33-30-10-11-31-38-27(16-29(49)18-36(38)51-3)20-44-14-13-24(19-44)15-25-7-12-37(45)47-34(25)6-4-5-26-17-35(50)41-32(9-8-28(46-2)21-53-41)39(26)42(33)54-43(30)40(31)44/h7-12,16-18,24,28,33,42,46,49-50H,5,13-15,19-22H2,1-3H3,(H2,45,47). The van der Waals surface area contributed by atoms with Crippen LogP contribution in [0.1, 0.15) is 82.8 Å². The van der Waals surface area contributed by atoms with Crippen molar-refractivity contribution < 1.29 is 34.0 Å². The molecule has 0 radical (unpaired) electrons. The molecule has 3 aliphatic heterocycles. The highest BCUT2D eigenvalue weighted by atomic mass is 16.5. The molecule has 1 aromatic heterocycles. The first kappa shape index (κ1) is 34.1. The quantitative estimate of drug-likeness (QED) is 0.140. The Morgan fingerprint density at radius 3 is 2.81 bits per heavy atom. The van der Waals surface area contributed by atoms with E-state index in [1.54, 1.807) is 19.2 Å². The van der Waals surface area contributed by atoms with Crippen LogP contribution in [0.5, 0.6) is 28.7 Å². The summed E-state index contributed by atoms with van der Waals surface area (Å²) in [5, 5.41) is 25.6. The second-order valence-corrected chi connectivity index (χ2v) is 15.3. The number of esters is 1. The summed E-state index contributed by atoms with van der Waals surface area (Å²) in [4.78, 5) is 17.1. The number of nitrogen functional groups attached to an aromatic ring is 1. The molecule has 1 spiro atoms. The number of rotatable bonds is 4. The van der Waals surface area contributed by atoms with Crippen molar-refractivity contribution in [1.29, 1.82) is 0 Å². The number of phenolic OH excluding ortho intramolecular Hbond substituents is 2. The largest absolute Gasteiger partial charge is 0.508 e. The van der Waals surface area contributed by atoms with Gasteiger partial charge < -0.3 is 40.2 Å². The normalized spacial score (nSPS) is 24.1. The molecule has 1 saturated carbocycles. The summed E-state index contributed by atoms with van der Waals surface area (Å²) in [6, 6.07) is 13.3. The van der Waals surface area contributed by atoms with Crippen LogP contribution in [-0.2, 0) is 34.2 Å². The average Bonchev–Trinajstić information content (AvgIpc) is 3.63. The Labute approximate surface area is 314 Å². The van der Waals surface area contributed by atoms with Gasteiger partial charge in [-0.3, -0.25) is 4.79 Å². The van der Waals surface area contributed by atoms with Crippen molar-refractivity contribution in [1.82, 2.24) is 10.3 Å². The van der Waals surface area contributed by atoms with E-state index in [1.165, 1.54) is 6.92 Å². The Bertz CT molecular complexity index is 2320. The number of fused-ring (bicyclic) bond motifs is 9. The molecule has 4 aromatic rings. The van der Waals surface area contributed by atoms with Crippen LogP contribution in [0, 0.1) is 17.8 Å². The lowest BCUT2D eigenvalue weighted by atomic mass is 9.65. The van der Waals surface area contributed by atoms with Gasteiger partial charge in [-0.2, -0.15) is 0 Å². The Kier molecular flexibility index (Phi) is 8.23. The van der Waals surface area contributed by atoms with E-state index in [2.05, 4.69) is 29.3 Å². The number of likely N-dealkylation sites (N-methyl/N-ethyl adjacent to an activating group) is 1. The van der Waals surface area contributed by atoms with Gasteiger partial charge in [-0.15, -0.1) is 0 Å². The number of carbonyl (C=O) groups excluding carboxylic acids is 1. The smallest absolute Gasteiger partial charge is 0.302 e. The summed E-state index contributed by atoms with van der Waals surface area (Å²) in [6.07, 6.45) is 7.96. The van der Waals surface area contributed by atoms with Crippen LogP contribution in [-0.4, -0.2) is 54.6 Å². The third-order valence-corrected chi connectivity index (χ3v) is 12.1. The van der Waals surface area contributed by atoms with Gasteiger partial charge in [0, 0.05) is 52.6 Å². The molecule has 0 amide bonds. The number of hydrogen-bond acceptors (Lipinski definition) is 10. The van der Waals surface area contributed by atoms with Crippen molar-refractivity contribution in [3.8, 4) is 51.7 Å². The second-order valence-electron chi connectivity index (χ2n) is 15.3. The van der Waals surface area contributed by atoms with E-state index in [0.29, 0.717) is 47.5 Å². The fourth-order valence-electron chi connectivity index (χ4n) is 9.76. The molecule has 5 N–H and O–H groups in total. The number of phenols is 2. The van der Waals surface area contributed by atoms with Crippen molar-refractivity contribution in [2.45, 2.75) is 68.9 Å². The van der Waals surface area contributed by atoms with Crippen molar-refractivity contribution in [2.75, 3.05) is 33.1 Å². The number of nitrogens with one attached hydrogen (secondary N) is 1. The first-order valence-electron chi connectivity index (χ1n) is 18.6. The Morgan fingerprint density at radius 2 is 2.00 bits per heavy atom. The maximum Gasteiger partial charge on any atom is 0.302 e. The van der Waals surface area contributed by atoms with Crippen molar-refractivity contribution in [2.24, 2.45) is 5.92 Å². The molecule has 5 aliphatic rings. The number of methoxy groups -OCH3 is 1. The predicted molar refractivity (Wildman–Crippen MR) is 204 cm³/mol. The minimum absolute atomic E-state index is 0.0142. The number of nitrogens with zero attached hydrogens (tertiary/aromatic N) is 1. The molecule has 9 rings (SSSR count). The molecule has 10 heteroatoms. The molecule has 4 bridgehead atoms. The molecule has 4 heterocycles. The van der Waals surface area contributed by atoms with Crippen LogP contribution in [0.3, 0.4) is 0 Å². The average molecular weight is 726 g/mol. The van der Waals surface area contributed by atoms with Gasteiger partial charge in [-0.1, -0.05) is 36.3 Å². The van der Waals surface area contributed by atoms with Gasteiger partial charge in [-0.05, 0) is 91.4 Å². The highest BCUT2D eigenvalue weighted by molar-refractivity contribution is 5.84. The zero-order valence-electron chi connectivity index (χ0n) is 30.6. The summed E-state index contributed by atoms with van der Waals surface area (Å²) >= 11 is 0. The Hall–Kier alpha value is -5.66. The number of aromatic nitrogens is 1. The molecular formula is C44H43N3O7. The Morgan fingerprint density at radius 1 is 1.13 bits per heavy atom. The first-order valence-corrected chi connectivity index (χ1v) is 18.6. The highest BCUT2D eigenvalue weighted by Crippen LogP contribution is 2.63. The molecule has 54 heavy (non-hydrogen) atoms. The number of aromatic hydroxyl groups is 2. The van der Waals surface area contributed by atoms with E-state index < -0.39 is 6.10 Å². The number of nitrogens with two attached hydrogens (primary N) is 1. The maximum atomic E-state index is 12.4. The summed E-state index contributed by atoms with van der Waals surface area (Å²) in [7, 11) is 3.50. The van der Waals surface area contributed by atoms with Gasteiger partial charge in [0.1, 0.15) is 48.1 Å². The summed E-state index contributed by atoms with van der Waals surface area (Å²) in [5.41, 5.74) is 15.0. The summed E-state index contributed by atoms with van der Waals surface area (Å²) in [6.45, 7) is 1.84. The van der Waals surface area contributed by atoms with Gasteiger partial charge >= 0.3 is 5.97 Å². The molecular weight excluding hydrogens is 682 g/mol. The van der Waals surface area contributed by atoms with Crippen LogP contribution in [0.25, 0.3) is 17.2 Å². The van der Waals surface area contributed by atoms with E-state index in [-0.39, 0.29) is 47.9 Å². The third kappa shape index (κ3) is 5.52. The SMILES string of the molecule is CNC1C=Cc2c(c(O)cc3c2C2Oc4c(ccc5c4C4(CCC(Cc6ccc(N)nc6C#CC3)C4)Cc3cc(O)cc(OC)c3-5)C2COC(C)=O)OC1. The monoisotopic (exact) mass is 725 g/mol. The lowest BCUT2D eigenvalue weighted by Gasteiger charge is -2.39. The maximum absolute atomic E-state index is 12.4. The highest BCUT2D eigenvalue weighted by Gasteiger charge is 2.51. The summed E-state index contributed by atoms with van der Waals surface area (Å²) in [5.74, 6) is 8.66. The number of carbonyl (C=O) groups is 1. The zero-order valence-corrected chi connectivity index (χ0v) is 30.6. The van der Waals surface area contributed by atoms with E-state index in [4.69, 9.17) is 29.7 Å². The third-order valence-electron chi connectivity index (χ3n) is 12.1. The minimum atomic E-state index is -0.611. The van der Waals surface area contributed by atoms with E-state index in [0.717, 1.165) is 75.9 Å². The van der Waals surface area contributed by atoms with Gasteiger partial charge in [-0.25, -0.2) is 4.98 Å². The molecule has 0 saturated heterocycles. The molecule has 5 unspecified atom stereocenters. The fraction of sp³-hybridized carbons (Fsp3) is 0.364.